The lowest BCUT2D eigenvalue weighted by molar-refractivity contribution is -0.160. The van der Waals surface area contributed by atoms with Crippen LogP contribution in [0.5, 0.6) is 0 Å². The van der Waals surface area contributed by atoms with E-state index in [0.717, 1.165) is 6.07 Å². The molecule has 26 heavy (non-hydrogen) atoms. The van der Waals surface area contributed by atoms with E-state index in [0.29, 0.717) is 11.3 Å². The summed E-state index contributed by atoms with van der Waals surface area (Å²) in [5, 5.41) is 20.0. The summed E-state index contributed by atoms with van der Waals surface area (Å²) in [6.45, 7) is 5.26. The van der Waals surface area contributed by atoms with Gasteiger partial charge in [-0.1, -0.05) is 6.07 Å². The number of carbonyl (C=O) groups excluding carboxylic acids is 1. The summed E-state index contributed by atoms with van der Waals surface area (Å²) >= 11 is 0. The van der Waals surface area contributed by atoms with E-state index in [1.54, 1.807) is 25.3 Å². The molecule has 1 aliphatic heterocycles. The first-order valence-electron chi connectivity index (χ1n) is 8.29. The Bertz CT molecular complexity index is 894. The molecular formula is C19H20FN3O3. The van der Waals surface area contributed by atoms with Gasteiger partial charge >= 0.3 is 5.97 Å². The summed E-state index contributed by atoms with van der Waals surface area (Å²) in [5.41, 5.74) is -1.16. The highest BCUT2D eigenvalue weighted by atomic mass is 19.1. The van der Waals surface area contributed by atoms with Crippen molar-refractivity contribution < 1.29 is 19.0 Å². The van der Waals surface area contributed by atoms with Crippen LogP contribution in [0.15, 0.2) is 30.7 Å². The number of halogens is 1. The van der Waals surface area contributed by atoms with Gasteiger partial charge in [-0.25, -0.2) is 9.37 Å². The molecule has 0 aliphatic carbocycles. The molecule has 3 rings (SSSR count). The first-order valence-corrected chi connectivity index (χ1v) is 8.29. The summed E-state index contributed by atoms with van der Waals surface area (Å²) in [5.74, 6) is -1.07. The van der Waals surface area contributed by atoms with Gasteiger partial charge in [0.2, 0.25) is 0 Å². The monoisotopic (exact) mass is 357 g/mol. The number of rotatable bonds is 3. The minimum atomic E-state index is -1.50. The van der Waals surface area contributed by atoms with E-state index in [9.17, 15) is 14.3 Å². The molecule has 2 atom stereocenters. The van der Waals surface area contributed by atoms with Crippen molar-refractivity contribution in [2.24, 2.45) is 0 Å². The molecule has 136 valence electrons. The Balaban J connectivity index is 1.91. The summed E-state index contributed by atoms with van der Waals surface area (Å²) in [6, 6.07) is 5.59. The van der Waals surface area contributed by atoms with E-state index in [4.69, 9.17) is 10.00 Å². The molecule has 1 aromatic heterocycles. The quantitative estimate of drug-likeness (QED) is 0.854. The van der Waals surface area contributed by atoms with Gasteiger partial charge in [-0.3, -0.25) is 4.79 Å². The van der Waals surface area contributed by atoms with Crippen molar-refractivity contribution in [1.29, 1.82) is 5.26 Å². The number of nitrogens with zero attached hydrogens (tertiary/aromatic N) is 3. The maximum Gasteiger partial charge on any atom is 0.309 e. The van der Waals surface area contributed by atoms with Gasteiger partial charge in [-0.2, -0.15) is 5.26 Å². The lowest BCUT2D eigenvalue weighted by Crippen LogP contribution is -2.31. The van der Waals surface area contributed by atoms with Gasteiger partial charge in [0, 0.05) is 12.0 Å². The molecule has 2 heterocycles. The van der Waals surface area contributed by atoms with E-state index in [2.05, 4.69) is 4.98 Å². The second kappa shape index (κ2) is 6.22. The second-order valence-corrected chi connectivity index (χ2v) is 7.55. The number of fused-ring (bicyclic) bond motifs is 1. The van der Waals surface area contributed by atoms with Crippen LogP contribution in [0.2, 0.25) is 0 Å². The zero-order valence-corrected chi connectivity index (χ0v) is 14.9. The zero-order chi connectivity index (χ0) is 19.1. The minimum Gasteiger partial charge on any atom is -0.460 e. The lowest BCUT2D eigenvalue weighted by atomic mass is 9.90. The Kier molecular flexibility index (Phi) is 4.32. The van der Waals surface area contributed by atoms with Crippen LogP contribution >= 0.6 is 0 Å². The third kappa shape index (κ3) is 3.33. The Hall–Kier alpha value is -2.72. The minimum absolute atomic E-state index is 0.118. The summed E-state index contributed by atoms with van der Waals surface area (Å²) in [7, 11) is 0. The molecule has 2 aromatic rings. The molecule has 0 radical (unpaired) electrons. The highest BCUT2D eigenvalue weighted by molar-refractivity contribution is 5.71. The maximum atomic E-state index is 14.5. The molecule has 6 nitrogen and oxygen atoms in total. The molecule has 0 spiro atoms. The normalized spacial score (nSPS) is 21.9. The van der Waals surface area contributed by atoms with Crippen molar-refractivity contribution in [1.82, 2.24) is 9.55 Å². The van der Waals surface area contributed by atoms with Crippen LogP contribution in [-0.4, -0.2) is 26.2 Å². The molecule has 0 bridgehead atoms. The molecule has 7 heteroatoms. The molecule has 0 saturated carbocycles. The van der Waals surface area contributed by atoms with Crippen LogP contribution in [0.3, 0.4) is 0 Å². The van der Waals surface area contributed by atoms with Crippen LogP contribution in [0, 0.1) is 17.1 Å². The van der Waals surface area contributed by atoms with E-state index < -0.39 is 29.0 Å². The molecule has 0 fully saturated rings. The van der Waals surface area contributed by atoms with Crippen molar-refractivity contribution in [3.05, 3.63) is 53.4 Å². The Morgan fingerprint density at radius 2 is 2.27 bits per heavy atom. The molecular weight excluding hydrogens is 337 g/mol. The fourth-order valence-corrected chi connectivity index (χ4v) is 3.34. The summed E-state index contributed by atoms with van der Waals surface area (Å²) in [4.78, 5) is 16.3. The van der Waals surface area contributed by atoms with Crippen molar-refractivity contribution in [2.75, 3.05) is 0 Å². The highest BCUT2D eigenvalue weighted by Gasteiger charge is 2.46. The number of hydrogen-bond donors (Lipinski definition) is 1. The predicted octanol–water partition coefficient (Wildman–Crippen LogP) is 2.81. The molecule has 1 aliphatic rings. The standard InChI is InChI=1S/C19H20FN3O3/c1-18(2,3)26-17(24)8-19(25)7-15(23-11-22-10-16(19)23)13-5-4-12(9-21)6-14(13)20/h4-6,10-11,15,25H,7-8H2,1-3H3/t15-,19+/m1/s1. The number of aliphatic hydroxyl groups is 1. The number of ether oxygens (including phenoxy) is 1. The average molecular weight is 357 g/mol. The number of esters is 1. The molecule has 1 aromatic carbocycles. The predicted molar refractivity (Wildman–Crippen MR) is 90.5 cm³/mol. The molecule has 0 amide bonds. The van der Waals surface area contributed by atoms with Crippen LogP contribution in [0.4, 0.5) is 4.39 Å². The average Bonchev–Trinajstić information content (AvgIpc) is 3.09. The first-order chi connectivity index (χ1) is 12.1. The number of carbonyl (C=O) groups is 1. The van der Waals surface area contributed by atoms with Crippen molar-refractivity contribution in [2.45, 2.75) is 50.9 Å². The zero-order valence-electron chi connectivity index (χ0n) is 14.9. The molecule has 0 unspecified atom stereocenters. The van der Waals surface area contributed by atoms with Gasteiger partial charge < -0.3 is 14.4 Å². The molecule has 0 saturated heterocycles. The van der Waals surface area contributed by atoms with Crippen molar-refractivity contribution in [3.8, 4) is 6.07 Å². The van der Waals surface area contributed by atoms with E-state index in [1.165, 1.54) is 24.7 Å². The van der Waals surface area contributed by atoms with Crippen molar-refractivity contribution in [3.63, 3.8) is 0 Å². The number of benzene rings is 1. The van der Waals surface area contributed by atoms with Crippen LogP contribution in [0.1, 0.15) is 56.5 Å². The highest BCUT2D eigenvalue weighted by Crippen LogP contribution is 2.45. The second-order valence-electron chi connectivity index (χ2n) is 7.55. The number of hydrogen-bond acceptors (Lipinski definition) is 5. The Labute approximate surface area is 150 Å². The maximum absolute atomic E-state index is 14.5. The van der Waals surface area contributed by atoms with E-state index >= 15 is 0 Å². The van der Waals surface area contributed by atoms with Crippen LogP contribution in [-0.2, 0) is 15.1 Å². The van der Waals surface area contributed by atoms with Gasteiger partial charge in [-0.15, -0.1) is 0 Å². The topological polar surface area (TPSA) is 88.1 Å². The summed E-state index contributed by atoms with van der Waals surface area (Å²) < 4.78 is 21.4. The van der Waals surface area contributed by atoms with Crippen LogP contribution in [0.25, 0.3) is 0 Å². The van der Waals surface area contributed by atoms with E-state index in [-0.39, 0.29) is 18.4 Å². The van der Waals surface area contributed by atoms with Gasteiger partial charge in [0.15, 0.2) is 0 Å². The Morgan fingerprint density at radius 1 is 1.54 bits per heavy atom. The number of nitriles is 1. The fourth-order valence-electron chi connectivity index (χ4n) is 3.34. The fraction of sp³-hybridized carbons (Fsp3) is 0.421. The van der Waals surface area contributed by atoms with E-state index in [1.807, 2.05) is 6.07 Å². The third-order valence-corrected chi connectivity index (χ3v) is 4.36. The molecule has 1 N–H and O–H groups in total. The first kappa shape index (κ1) is 18.1. The Morgan fingerprint density at radius 3 is 2.88 bits per heavy atom. The largest absolute Gasteiger partial charge is 0.460 e. The van der Waals surface area contributed by atoms with Gasteiger partial charge in [0.05, 0.1) is 42.3 Å². The SMILES string of the molecule is CC(C)(C)OC(=O)C[C@@]1(O)C[C@H](c2ccc(C#N)cc2F)n2cncc21. The van der Waals surface area contributed by atoms with Crippen molar-refractivity contribution >= 4 is 5.97 Å². The smallest absolute Gasteiger partial charge is 0.309 e. The van der Waals surface area contributed by atoms with Gasteiger partial charge in [0.1, 0.15) is 17.0 Å². The summed E-state index contributed by atoms with van der Waals surface area (Å²) in [6.07, 6.45) is 2.86. The number of aromatic nitrogens is 2. The van der Waals surface area contributed by atoms with Crippen LogP contribution < -0.4 is 0 Å². The number of imidazole rings is 1. The van der Waals surface area contributed by atoms with Gasteiger partial charge in [0.25, 0.3) is 0 Å². The third-order valence-electron chi connectivity index (χ3n) is 4.36. The van der Waals surface area contributed by atoms with Gasteiger partial charge in [-0.05, 0) is 32.9 Å². The lowest BCUT2D eigenvalue weighted by Gasteiger charge is -2.25.